The molecular formula is C58H92Li2N3O4Si2Sm. The SMILES string of the molecule is C1CCOC1.C1CCOC1.C[Si](C)(C)[N-][Si](C)(C)C.Cc1ccc([N-]Cc2cc(C(C)(C)C)cc(C(C)(C)C)c2[O-])cc1.Cc1ccc([N-]Cc2cc(C(C)(C)C)cc(C(C)(C)C)c2[O-])cc1.[Li+].[Li+].[Sm+3]. The Morgan fingerprint density at radius 1 is 0.457 bits per heavy atom. The van der Waals surface area contributed by atoms with Crippen LogP contribution in [-0.4, -0.2) is 42.9 Å². The molecule has 0 amide bonds. The van der Waals surface area contributed by atoms with E-state index in [1.807, 2.05) is 60.7 Å². The van der Waals surface area contributed by atoms with Gasteiger partial charge in [-0.15, -0.1) is 36.0 Å². The number of ether oxygens (including phenoxy) is 2. The summed E-state index contributed by atoms with van der Waals surface area (Å²) in [6, 6.07) is 24.4. The van der Waals surface area contributed by atoms with Crippen LogP contribution in [0.25, 0.3) is 15.3 Å². The van der Waals surface area contributed by atoms with E-state index in [1.54, 1.807) is 0 Å². The summed E-state index contributed by atoms with van der Waals surface area (Å²) < 4.78 is 14.7. The van der Waals surface area contributed by atoms with E-state index >= 15 is 0 Å². The molecule has 2 saturated heterocycles. The fourth-order valence-electron chi connectivity index (χ4n) is 7.27. The van der Waals surface area contributed by atoms with E-state index < -0.39 is 16.5 Å². The predicted octanol–water partition coefficient (Wildman–Crippen LogP) is 10.4. The van der Waals surface area contributed by atoms with Gasteiger partial charge in [-0.05, 0) is 72.3 Å². The minimum atomic E-state index is -1.11. The first-order valence-electron chi connectivity index (χ1n) is 24.7. The summed E-state index contributed by atoms with van der Waals surface area (Å²) in [5, 5.41) is 35.1. The first-order chi connectivity index (χ1) is 30.7. The molecule has 0 aliphatic carbocycles. The van der Waals surface area contributed by atoms with Crippen LogP contribution in [0, 0.1) is 54.2 Å². The van der Waals surface area contributed by atoms with E-state index in [-0.39, 0.29) is 111 Å². The minimum Gasteiger partial charge on any atom is -0.872 e. The second kappa shape index (κ2) is 31.7. The van der Waals surface area contributed by atoms with Crippen molar-refractivity contribution in [2.24, 2.45) is 0 Å². The third kappa shape index (κ3) is 28.6. The molecule has 2 fully saturated rings. The standard InChI is InChI=1S/2C22H30NO.C6H18NSi2.2C4H8O.2Li.Sm/c2*1-15-8-10-18(11-9-15)23-14-16-12-17(21(2,3)4)13-19(20(16)24)22(5,6)7;1-8(2,3)7-9(4,5)6;2*1-2-4-5-3-1;;;/h2*8-13,24H,14H2,1-7H3;1-6H3;2*1-4H2;;;/q3*-1;;;2*+1;+3/p-2. The predicted molar refractivity (Wildman–Crippen MR) is 293 cm³/mol. The van der Waals surface area contributed by atoms with Gasteiger partial charge >= 0.3 is 78.1 Å². The quantitative estimate of drug-likeness (QED) is 0.164. The second-order valence-electron chi connectivity index (χ2n) is 24.4. The fourth-order valence-corrected chi connectivity index (χ4v) is 15.3. The Bertz CT molecular complexity index is 1910. The zero-order chi connectivity index (χ0) is 51.0. The molecule has 1 radical (unpaired) electrons. The second-order valence-corrected chi connectivity index (χ2v) is 34.0. The Labute approximate surface area is 488 Å². The molecule has 6 rings (SSSR count). The van der Waals surface area contributed by atoms with Crippen molar-refractivity contribution in [2.45, 2.75) is 197 Å². The third-order valence-electron chi connectivity index (χ3n) is 10.9. The van der Waals surface area contributed by atoms with Gasteiger partial charge in [0.05, 0.1) is 0 Å². The molecular weight excluding hydrogens is 1020 g/mol. The van der Waals surface area contributed by atoms with Crippen LogP contribution in [0.5, 0.6) is 11.5 Å². The van der Waals surface area contributed by atoms with Crippen LogP contribution >= 0.6 is 0 Å². The van der Waals surface area contributed by atoms with Crippen LogP contribution in [0.15, 0.2) is 72.8 Å². The Morgan fingerprint density at radius 3 is 0.914 bits per heavy atom. The van der Waals surface area contributed by atoms with Gasteiger partial charge in [-0.1, -0.05) is 245 Å². The smallest absolute Gasteiger partial charge is 0.872 e. The van der Waals surface area contributed by atoms with Crippen molar-refractivity contribution < 1.29 is 97.8 Å². The summed E-state index contributed by atoms with van der Waals surface area (Å²) in [7, 11) is -2.21. The molecule has 4 aromatic carbocycles. The number of nitrogens with zero attached hydrogens (tertiary/aromatic N) is 3. The molecule has 0 bridgehead atoms. The maximum absolute atomic E-state index is 12.9. The molecule has 7 nitrogen and oxygen atoms in total. The molecule has 2 aliphatic rings. The van der Waals surface area contributed by atoms with Crippen LogP contribution in [0.2, 0.25) is 39.3 Å². The van der Waals surface area contributed by atoms with Gasteiger partial charge in [0.1, 0.15) is 0 Å². The summed E-state index contributed by atoms with van der Waals surface area (Å²) in [6.45, 7) is 48.4. The molecule has 2 aliphatic heterocycles. The van der Waals surface area contributed by atoms with Crippen molar-refractivity contribution in [1.29, 1.82) is 0 Å². The molecule has 12 heteroatoms. The Balaban J connectivity index is 0. The van der Waals surface area contributed by atoms with Crippen LogP contribution < -0.4 is 47.9 Å². The van der Waals surface area contributed by atoms with Gasteiger partial charge in [-0.3, -0.25) is 0 Å². The molecule has 0 atom stereocenters. The van der Waals surface area contributed by atoms with Crippen LogP contribution in [0.4, 0.5) is 11.4 Å². The Morgan fingerprint density at radius 2 is 0.729 bits per heavy atom. The topological polar surface area (TPSA) is 107 Å². The van der Waals surface area contributed by atoms with Crippen molar-refractivity contribution in [3.05, 3.63) is 133 Å². The summed E-state index contributed by atoms with van der Waals surface area (Å²) in [4.78, 5) is 0. The van der Waals surface area contributed by atoms with Gasteiger partial charge in [0.15, 0.2) is 0 Å². The van der Waals surface area contributed by atoms with E-state index in [1.165, 1.54) is 47.9 Å². The van der Waals surface area contributed by atoms with E-state index in [9.17, 15) is 10.2 Å². The monoisotopic (exact) mass is 1120 g/mol. The number of aryl methyl sites for hydroxylation is 2. The van der Waals surface area contributed by atoms with Gasteiger partial charge in [-0.25, -0.2) is 0 Å². The van der Waals surface area contributed by atoms with E-state index in [4.69, 9.17) is 14.1 Å². The average molecular weight is 1120 g/mol. The number of benzene rings is 4. The van der Waals surface area contributed by atoms with Crippen molar-refractivity contribution in [3.8, 4) is 11.5 Å². The third-order valence-corrected chi connectivity index (χ3v) is 16.3. The summed E-state index contributed by atoms with van der Waals surface area (Å²) >= 11 is 0. The molecule has 0 spiro atoms. The maximum atomic E-state index is 12.9. The van der Waals surface area contributed by atoms with Gasteiger partial charge in [0.2, 0.25) is 0 Å². The van der Waals surface area contributed by atoms with E-state index in [2.05, 4.69) is 159 Å². The fraction of sp³-hybridized carbons (Fsp3) is 0.586. The summed E-state index contributed by atoms with van der Waals surface area (Å²) in [5.74, 6) is 0.262. The van der Waals surface area contributed by atoms with Gasteiger partial charge in [-0.2, -0.15) is 0 Å². The van der Waals surface area contributed by atoms with E-state index in [0.717, 1.165) is 60.1 Å². The van der Waals surface area contributed by atoms with Crippen LogP contribution in [0.1, 0.15) is 153 Å². The van der Waals surface area contributed by atoms with Crippen molar-refractivity contribution in [3.63, 3.8) is 0 Å². The number of rotatable bonds is 8. The van der Waals surface area contributed by atoms with Gasteiger partial charge in [0, 0.05) is 26.4 Å². The number of hydrogen-bond acceptors (Lipinski definition) is 4. The molecule has 2 heterocycles. The van der Waals surface area contributed by atoms with Gasteiger partial charge in [0.25, 0.3) is 0 Å². The summed E-state index contributed by atoms with van der Waals surface area (Å²) in [5.41, 5.74) is 9.64. The van der Waals surface area contributed by atoms with Crippen LogP contribution in [-0.2, 0) is 44.2 Å². The molecule has 0 saturated carbocycles. The first kappa shape index (κ1) is 71.0. The van der Waals surface area contributed by atoms with E-state index in [0.29, 0.717) is 13.1 Å². The average Bonchev–Trinajstić information content (AvgIpc) is 3.97. The molecule has 0 N–H and O–H groups in total. The van der Waals surface area contributed by atoms with Crippen molar-refractivity contribution in [2.75, 3.05) is 26.4 Å². The molecule has 0 unspecified atom stereocenters. The molecule has 0 aromatic heterocycles. The van der Waals surface area contributed by atoms with Crippen molar-refractivity contribution in [1.82, 2.24) is 0 Å². The molecule has 379 valence electrons. The molecule has 70 heavy (non-hydrogen) atoms. The van der Waals surface area contributed by atoms with Crippen molar-refractivity contribution >= 4 is 27.8 Å². The zero-order valence-electron chi connectivity index (χ0n) is 48.4. The maximum Gasteiger partial charge on any atom is 3.00 e. The number of hydrogen-bond donors (Lipinski definition) is 0. The van der Waals surface area contributed by atoms with Gasteiger partial charge < -0.3 is 35.0 Å². The normalized spacial score (nSPS) is 13.7. The Hall–Kier alpha value is -1.07. The molecule has 4 aromatic rings. The largest absolute Gasteiger partial charge is 3.00 e. The zero-order valence-corrected chi connectivity index (χ0v) is 53.0. The minimum absolute atomic E-state index is 0. The Kier molecular flexibility index (Phi) is 32.2. The van der Waals surface area contributed by atoms with Crippen LogP contribution in [0.3, 0.4) is 0 Å². The summed E-state index contributed by atoms with van der Waals surface area (Å²) in [6.07, 6.45) is 5.11. The first-order valence-corrected chi connectivity index (χ1v) is 31.6.